The summed E-state index contributed by atoms with van der Waals surface area (Å²) in [4.78, 5) is 2.49. The number of allylic oxidation sites excluding steroid dienone is 7. The smallest absolute Gasteiger partial charge is 0.209 e. The molecule has 0 amide bonds. The highest BCUT2D eigenvalue weighted by Crippen LogP contribution is 2.47. The van der Waals surface area contributed by atoms with Gasteiger partial charge in [-0.3, -0.25) is 0 Å². The molecule has 4 nitrogen and oxygen atoms in total. The predicted molar refractivity (Wildman–Crippen MR) is 180 cm³/mol. The number of benzene rings is 2. The maximum Gasteiger partial charge on any atom is 0.209 e. The minimum absolute atomic E-state index is 0. The van der Waals surface area contributed by atoms with Crippen LogP contribution in [-0.2, 0) is 10.8 Å². The Morgan fingerprint density at radius 3 is 2.33 bits per heavy atom. The first-order chi connectivity index (χ1) is 20.2. The first kappa shape index (κ1) is 33.3. The molecule has 5 rings (SSSR count). The van der Waals surface area contributed by atoms with Crippen LogP contribution in [0.15, 0.2) is 95.4 Å². The van der Waals surface area contributed by atoms with Crippen LogP contribution in [0.25, 0.3) is 0 Å². The number of hydrogen-bond acceptors (Lipinski definition) is 3. The number of anilines is 1. The summed E-state index contributed by atoms with van der Waals surface area (Å²) >= 11 is 0. The van der Waals surface area contributed by atoms with E-state index in [1.165, 1.54) is 57.2 Å². The third-order valence-corrected chi connectivity index (χ3v) is 9.58. The molecule has 0 bridgehead atoms. The lowest BCUT2D eigenvalue weighted by atomic mass is 9.81. The van der Waals surface area contributed by atoms with E-state index < -0.39 is 0 Å². The molecule has 0 fully saturated rings. The first-order valence-electron chi connectivity index (χ1n) is 16.1. The van der Waals surface area contributed by atoms with E-state index in [0.29, 0.717) is 0 Å². The van der Waals surface area contributed by atoms with Crippen LogP contribution in [0.4, 0.5) is 11.4 Å². The van der Waals surface area contributed by atoms with Gasteiger partial charge in [-0.25, -0.2) is 0 Å². The van der Waals surface area contributed by atoms with Crippen molar-refractivity contribution in [2.75, 3.05) is 31.1 Å². The molecule has 0 radical (unpaired) electrons. The Balaban J connectivity index is 0.00000423. The number of nitrogens with one attached hydrogen (secondary N) is 1. The predicted octanol–water partition coefficient (Wildman–Crippen LogP) is 5.04. The normalized spacial score (nSPS) is 20.7. The minimum Gasteiger partial charge on any atom is -1.00 e. The van der Waals surface area contributed by atoms with Crippen molar-refractivity contribution in [1.82, 2.24) is 5.32 Å². The average Bonchev–Trinajstić information content (AvgIpc) is 3.35. The zero-order valence-corrected chi connectivity index (χ0v) is 29.3. The number of nitrogens with two attached hydrogens (primary N) is 1. The van der Waals surface area contributed by atoms with Crippen LogP contribution >= 0.6 is 0 Å². The molecule has 0 saturated heterocycles. The van der Waals surface area contributed by atoms with Gasteiger partial charge in [0.15, 0.2) is 5.71 Å². The lowest BCUT2D eigenvalue weighted by molar-refractivity contribution is -0.433. The number of rotatable bonds is 10. The molecular formula is C38H51IN4. The van der Waals surface area contributed by atoms with E-state index in [0.717, 1.165) is 51.9 Å². The number of para-hydroxylation sites is 2. The highest BCUT2D eigenvalue weighted by molar-refractivity contribution is 6.03. The van der Waals surface area contributed by atoms with E-state index in [1.54, 1.807) is 0 Å². The van der Waals surface area contributed by atoms with Crippen LogP contribution in [-0.4, -0.2) is 36.5 Å². The van der Waals surface area contributed by atoms with Gasteiger partial charge < -0.3 is 39.9 Å². The van der Waals surface area contributed by atoms with Gasteiger partial charge in [0.2, 0.25) is 5.69 Å². The van der Waals surface area contributed by atoms with E-state index in [1.807, 2.05) is 0 Å². The van der Waals surface area contributed by atoms with Gasteiger partial charge >= 0.3 is 0 Å². The van der Waals surface area contributed by atoms with Crippen LogP contribution in [0, 0.1) is 0 Å². The zero-order valence-electron chi connectivity index (χ0n) is 27.1. The largest absolute Gasteiger partial charge is 1.00 e. The Labute approximate surface area is 277 Å². The first-order valence-corrected chi connectivity index (χ1v) is 16.1. The highest BCUT2D eigenvalue weighted by Gasteiger charge is 2.43. The van der Waals surface area contributed by atoms with Crippen LogP contribution in [0.2, 0.25) is 0 Å². The van der Waals surface area contributed by atoms with E-state index >= 15 is 0 Å². The summed E-state index contributed by atoms with van der Waals surface area (Å²) < 4.78 is 2.49. The van der Waals surface area contributed by atoms with E-state index in [2.05, 4.69) is 129 Å². The molecule has 2 aromatic carbocycles. The number of halogens is 1. The maximum absolute atomic E-state index is 5.83. The van der Waals surface area contributed by atoms with Gasteiger partial charge in [0, 0.05) is 53.3 Å². The third kappa shape index (κ3) is 6.30. The van der Waals surface area contributed by atoms with Gasteiger partial charge in [-0.15, -0.1) is 0 Å². The van der Waals surface area contributed by atoms with Gasteiger partial charge in [-0.05, 0) is 95.2 Å². The summed E-state index contributed by atoms with van der Waals surface area (Å²) in [6, 6.07) is 17.8. The van der Waals surface area contributed by atoms with Gasteiger partial charge in [0.1, 0.15) is 6.54 Å². The molecule has 2 aromatic rings. The van der Waals surface area contributed by atoms with Crippen LogP contribution in [0.5, 0.6) is 0 Å². The van der Waals surface area contributed by atoms with Crippen molar-refractivity contribution in [2.45, 2.75) is 84.5 Å². The molecule has 2 heterocycles. The number of nitrogens with zero attached hydrogens (tertiary/aromatic N) is 2. The van der Waals surface area contributed by atoms with Gasteiger partial charge in [-0.2, -0.15) is 4.58 Å². The zero-order chi connectivity index (χ0) is 29.9. The molecular weight excluding hydrogens is 639 g/mol. The molecule has 0 spiro atoms. The summed E-state index contributed by atoms with van der Waals surface area (Å²) in [6.45, 7) is 17.6. The van der Waals surface area contributed by atoms with Crippen molar-refractivity contribution in [3.05, 3.63) is 107 Å². The second-order valence-electron chi connectivity index (χ2n) is 12.9. The summed E-state index contributed by atoms with van der Waals surface area (Å²) in [7, 11) is 0. The molecule has 0 aromatic heterocycles. The quantitative estimate of drug-likeness (QED) is 0.209. The van der Waals surface area contributed by atoms with Crippen LogP contribution < -0.4 is 39.9 Å². The number of likely N-dealkylation sites (N-methyl/N-ethyl adjacent to an activating group) is 1. The highest BCUT2D eigenvalue weighted by atomic mass is 127. The Morgan fingerprint density at radius 1 is 0.884 bits per heavy atom. The van der Waals surface area contributed by atoms with E-state index in [4.69, 9.17) is 5.73 Å². The van der Waals surface area contributed by atoms with Crippen LogP contribution in [0.3, 0.4) is 0 Å². The molecule has 230 valence electrons. The molecule has 0 saturated carbocycles. The fourth-order valence-corrected chi connectivity index (χ4v) is 7.29. The van der Waals surface area contributed by atoms with E-state index in [-0.39, 0.29) is 34.8 Å². The summed E-state index contributed by atoms with van der Waals surface area (Å²) in [6.07, 6.45) is 15.1. The maximum atomic E-state index is 5.83. The second-order valence-corrected chi connectivity index (χ2v) is 12.9. The van der Waals surface area contributed by atoms with Crippen molar-refractivity contribution in [3.8, 4) is 0 Å². The topological polar surface area (TPSA) is 44.3 Å². The van der Waals surface area contributed by atoms with Crippen molar-refractivity contribution in [2.24, 2.45) is 5.73 Å². The Bertz CT molecular complexity index is 1470. The van der Waals surface area contributed by atoms with Crippen molar-refractivity contribution in [3.63, 3.8) is 0 Å². The lowest BCUT2D eigenvalue weighted by Gasteiger charge is -2.27. The molecule has 3 N–H and O–H groups in total. The molecule has 2 aliphatic heterocycles. The van der Waals surface area contributed by atoms with Gasteiger partial charge in [0.05, 0.1) is 5.41 Å². The average molecular weight is 691 g/mol. The molecule has 5 heteroatoms. The Hall–Kier alpha value is -2.64. The van der Waals surface area contributed by atoms with Gasteiger partial charge in [0.25, 0.3) is 0 Å². The summed E-state index contributed by atoms with van der Waals surface area (Å²) in [5.41, 5.74) is 18.2. The second kappa shape index (κ2) is 14.0. The lowest BCUT2D eigenvalue weighted by Crippen LogP contribution is -3.00. The van der Waals surface area contributed by atoms with Crippen molar-refractivity contribution < 1.29 is 28.6 Å². The monoisotopic (exact) mass is 690 g/mol. The fraction of sp³-hybridized carbons (Fsp3) is 0.447. The molecule has 43 heavy (non-hydrogen) atoms. The van der Waals surface area contributed by atoms with Crippen molar-refractivity contribution in [1.29, 1.82) is 0 Å². The minimum atomic E-state index is -0.0250. The van der Waals surface area contributed by atoms with E-state index in [9.17, 15) is 0 Å². The summed E-state index contributed by atoms with van der Waals surface area (Å²) in [5, 5.41) is 3.87. The van der Waals surface area contributed by atoms with Crippen molar-refractivity contribution >= 4 is 17.1 Å². The Kier molecular flexibility index (Phi) is 10.8. The van der Waals surface area contributed by atoms with Crippen LogP contribution in [0.1, 0.15) is 84.8 Å². The summed E-state index contributed by atoms with van der Waals surface area (Å²) in [5.74, 6) is 0. The third-order valence-electron chi connectivity index (χ3n) is 9.58. The molecule has 0 unspecified atom stereocenters. The molecule has 0 atom stereocenters. The fourth-order valence-electron chi connectivity index (χ4n) is 7.29. The number of unbranched alkanes of at least 4 members (excludes halogenated alkanes) is 1. The number of fused-ring (bicyclic) bond motifs is 2. The molecule has 1 aliphatic carbocycles. The molecule has 3 aliphatic rings. The van der Waals surface area contributed by atoms with Gasteiger partial charge in [-0.1, -0.05) is 62.4 Å². The Morgan fingerprint density at radius 2 is 1.60 bits per heavy atom. The number of hydrogen-bond donors (Lipinski definition) is 2. The SMILES string of the molecule is CCN1/C(=C/C=C2\CCCC(/C=C/C3=[N+](CC)c4ccccc4C3(C)C)=C2NCCCCN)C(C)(C)c2ccccc21.[I-]. The standard InChI is InChI=1S/C38H50N4.HI/c1-7-41-32-20-11-9-18-30(32)37(3,4)34(41)24-22-28-16-15-17-29(36(28)40-27-14-13-26-39)23-25-35-38(5,6)31-19-10-12-21-33(31)42(35)8-2;/h9-12,18-25H,7-8,13-17,26-27,39H2,1-6H3;1H/b28-22+,34-24+;.